The lowest BCUT2D eigenvalue weighted by Gasteiger charge is -2.14. The van der Waals surface area contributed by atoms with E-state index in [2.05, 4.69) is 41.4 Å². The summed E-state index contributed by atoms with van der Waals surface area (Å²) in [5.41, 5.74) is 5.55. The van der Waals surface area contributed by atoms with Crippen LogP contribution in [0.2, 0.25) is 0 Å². The van der Waals surface area contributed by atoms with Gasteiger partial charge in [0.05, 0.1) is 6.42 Å². The van der Waals surface area contributed by atoms with Gasteiger partial charge in [-0.15, -0.1) is 11.3 Å². The van der Waals surface area contributed by atoms with Crippen LogP contribution >= 0.6 is 11.3 Å². The number of carboxylic acid groups (broad SMARTS) is 1. The summed E-state index contributed by atoms with van der Waals surface area (Å²) in [6, 6.07) is 18.2. The van der Waals surface area contributed by atoms with Gasteiger partial charge >= 0.3 is 12.1 Å². The lowest BCUT2D eigenvalue weighted by atomic mass is 9.98. The second kappa shape index (κ2) is 9.50. The van der Waals surface area contributed by atoms with E-state index in [1.807, 2.05) is 29.6 Å². The van der Waals surface area contributed by atoms with Gasteiger partial charge in [0.2, 0.25) is 0 Å². The van der Waals surface area contributed by atoms with Crippen LogP contribution in [0.1, 0.15) is 33.9 Å². The van der Waals surface area contributed by atoms with E-state index in [1.165, 1.54) is 33.6 Å². The first-order valence-corrected chi connectivity index (χ1v) is 10.9. The van der Waals surface area contributed by atoms with Crippen molar-refractivity contribution in [1.82, 2.24) is 5.32 Å². The van der Waals surface area contributed by atoms with Gasteiger partial charge in [-0.3, -0.25) is 4.79 Å². The number of carbonyl (C=O) groups excluding carboxylic acids is 1. The molecule has 0 bridgehead atoms. The maximum Gasteiger partial charge on any atom is 0.407 e. The number of carboxylic acids is 1. The fourth-order valence-corrected chi connectivity index (χ4v) is 4.54. The smallest absolute Gasteiger partial charge is 0.407 e. The van der Waals surface area contributed by atoms with Crippen molar-refractivity contribution in [2.75, 3.05) is 13.2 Å². The largest absolute Gasteiger partial charge is 0.481 e. The minimum absolute atomic E-state index is 0.00961. The van der Waals surface area contributed by atoms with Crippen LogP contribution in [0.4, 0.5) is 4.79 Å². The number of nitrogens with one attached hydrogen (secondary N) is 1. The molecule has 1 aliphatic rings. The van der Waals surface area contributed by atoms with Crippen molar-refractivity contribution in [3.63, 3.8) is 0 Å². The molecule has 156 valence electrons. The van der Waals surface area contributed by atoms with Crippen LogP contribution in [0.25, 0.3) is 11.1 Å². The Hall–Kier alpha value is -3.56. The number of carbonyl (C=O) groups is 2. The summed E-state index contributed by atoms with van der Waals surface area (Å²) in [6.07, 6.45) is 0.0345. The van der Waals surface area contributed by atoms with Crippen molar-refractivity contribution in [2.24, 2.45) is 0 Å². The molecule has 2 N–H and O–H groups in total. The number of hydrogen-bond acceptors (Lipinski definition) is 4. The monoisotopic (exact) mass is 431 g/mol. The van der Waals surface area contributed by atoms with Gasteiger partial charge in [0.1, 0.15) is 6.61 Å². The van der Waals surface area contributed by atoms with Crippen LogP contribution in [0.15, 0.2) is 60.0 Å². The number of fused-ring (bicyclic) bond motifs is 3. The van der Waals surface area contributed by atoms with Crippen LogP contribution in [-0.4, -0.2) is 30.3 Å². The number of ether oxygens (including phenoxy) is 1. The highest BCUT2D eigenvalue weighted by molar-refractivity contribution is 7.10. The van der Waals surface area contributed by atoms with Gasteiger partial charge in [0.15, 0.2) is 0 Å². The third-order valence-corrected chi connectivity index (χ3v) is 6.01. The van der Waals surface area contributed by atoms with Crippen molar-refractivity contribution >= 4 is 23.4 Å². The Morgan fingerprint density at radius 1 is 1.06 bits per heavy atom. The molecule has 1 heterocycles. The predicted octanol–water partition coefficient (Wildman–Crippen LogP) is 4.66. The molecule has 0 atom stereocenters. The molecule has 0 fully saturated rings. The molecule has 6 heteroatoms. The normalized spacial score (nSPS) is 11.7. The van der Waals surface area contributed by atoms with Crippen LogP contribution < -0.4 is 5.32 Å². The van der Waals surface area contributed by atoms with Crippen molar-refractivity contribution in [3.8, 4) is 23.0 Å². The molecule has 31 heavy (non-hydrogen) atoms. The number of aliphatic carboxylic acids is 1. The SMILES string of the molecule is O=C(O)Cc1cc(C#CCCNC(=O)OCC2c3ccccc3-c3ccccc32)cs1. The van der Waals surface area contributed by atoms with Gasteiger partial charge in [-0.25, -0.2) is 4.79 Å². The van der Waals surface area contributed by atoms with Crippen LogP contribution in [0.5, 0.6) is 0 Å². The van der Waals surface area contributed by atoms with Gasteiger partial charge in [-0.1, -0.05) is 60.4 Å². The minimum atomic E-state index is -0.853. The van der Waals surface area contributed by atoms with E-state index in [0.29, 0.717) is 13.0 Å². The summed E-state index contributed by atoms with van der Waals surface area (Å²) < 4.78 is 5.49. The first-order valence-electron chi connectivity index (χ1n) is 9.99. The van der Waals surface area contributed by atoms with E-state index in [-0.39, 0.29) is 18.9 Å². The highest BCUT2D eigenvalue weighted by Crippen LogP contribution is 2.44. The summed E-state index contributed by atoms with van der Waals surface area (Å²) in [7, 11) is 0. The number of rotatable bonds is 6. The topological polar surface area (TPSA) is 75.6 Å². The number of amides is 1. The van der Waals surface area contributed by atoms with E-state index in [0.717, 1.165) is 10.4 Å². The number of thiophene rings is 1. The fraction of sp³-hybridized carbons (Fsp3) is 0.200. The maximum atomic E-state index is 12.1. The quantitative estimate of drug-likeness (QED) is 0.440. The molecule has 1 amide bonds. The predicted molar refractivity (Wildman–Crippen MR) is 120 cm³/mol. The van der Waals surface area contributed by atoms with Gasteiger partial charge in [-0.2, -0.15) is 0 Å². The second-order valence-corrected chi connectivity index (χ2v) is 8.17. The Balaban J connectivity index is 1.25. The number of hydrogen-bond donors (Lipinski definition) is 2. The number of benzene rings is 2. The number of alkyl carbamates (subject to hydrolysis) is 1. The second-order valence-electron chi connectivity index (χ2n) is 7.18. The minimum Gasteiger partial charge on any atom is -0.481 e. The zero-order valence-electron chi connectivity index (χ0n) is 16.8. The maximum absolute atomic E-state index is 12.1. The summed E-state index contributed by atoms with van der Waals surface area (Å²) in [5.74, 6) is 5.16. The van der Waals surface area contributed by atoms with Gasteiger partial charge < -0.3 is 15.2 Å². The van der Waals surface area contributed by atoms with Crippen molar-refractivity contribution in [2.45, 2.75) is 18.8 Å². The molecule has 1 aliphatic carbocycles. The van der Waals surface area contributed by atoms with Gasteiger partial charge in [0.25, 0.3) is 0 Å². The van der Waals surface area contributed by atoms with Crippen LogP contribution in [0, 0.1) is 11.8 Å². The fourth-order valence-electron chi connectivity index (χ4n) is 3.73. The van der Waals surface area contributed by atoms with E-state index in [1.54, 1.807) is 6.07 Å². The van der Waals surface area contributed by atoms with E-state index in [9.17, 15) is 9.59 Å². The molecule has 2 aromatic carbocycles. The summed E-state index contributed by atoms with van der Waals surface area (Å²) in [5, 5.41) is 13.4. The summed E-state index contributed by atoms with van der Waals surface area (Å²) in [6.45, 7) is 0.669. The molecule has 4 rings (SSSR count). The van der Waals surface area contributed by atoms with Crippen LogP contribution in [-0.2, 0) is 16.0 Å². The molecule has 0 saturated heterocycles. The summed E-state index contributed by atoms with van der Waals surface area (Å²) in [4.78, 5) is 23.6. The Bertz CT molecular complexity index is 1130. The van der Waals surface area contributed by atoms with E-state index >= 15 is 0 Å². The third kappa shape index (κ3) is 4.96. The van der Waals surface area contributed by atoms with Gasteiger partial charge in [0, 0.05) is 34.7 Å². The molecule has 5 nitrogen and oxygen atoms in total. The molecule has 3 aromatic rings. The first kappa shape index (κ1) is 20.7. The lowest BCUT2D eigenvalue weighted by molar-refractivity contribution is -0.136. The molecule has 1 aromatic heterocycles. The van der Waals surface area contributed by atoms with Gasteiger partial charge in [-0.05, 0) is 28.3 Å². The Kier molecular flexibility index (Phi) is 6.34. The lowest BCUT2D eigenvalue weighted by Crippen LogP contribution is -2.26. The zero-order valence-corrected chi connectivity index (χ0v) is 17.6. The molecule has 0 saturated carbocycles. The first-order chi connectivity index (χ1) is 15.1. The van der Waals surface area contributed by atoms with E-state index < -0.39 is 12.1 Å². The highest BCUT2D eigenvalue weighted by atomic mass is 32.1. The average molecular weight is 432 g/mol. The molecular weight excluding hydrogens is 410 g/mol. The Morgan fingerprint density at radius 3 is 2.42 bits per heavy atom. The highest BCUT2D eigenvalue weighted by Gasteiger charge is 2.28. The Morgan fingerprint density at radius 2 is 1.74 bits per heavy atom. The van der Waals surface area contributed by atoms with Crippen molar-refractivity contribution < 1.29 is 19.4 Å². The molecule has 0 spiro atoms. The molecule has 0 aliphatic heterocycles. The molecule has 0 radical (unpaired) electrons. The third-order valence-electron chi connectivity index (χ3n) is 5.07. The van der Waals surface area contributed by atoms with E-state index in [4.69, 9.17) is 9.84 Å². The Labute approximate surface area is 184 Å². The van der Waals surface area contributed by atoms with Crippen molar-refractivity contribution in [3.05, 3.63) is 81.5 Å². The zero-order chi connectivity index (χ0) is 21.6. The average Bonchev–Trinajstić information content (AvgIpc) is 3.33. The van der Waals surface area contributed by atoms with Crippen molar-refractivity contribution in [1.29, 1.82) is 0 Å². The molecule has 0 unspecified atom stereocenters. The van der Waals surface area contributed by atoms with Crippen LogP contribution in [0.3, 0.4) is 0 Å². The standard InChI is InChI=1S/C25H21NO4S/c27-24(28)14-18-13-17(16-31-18)7-5-6-12-26-25(29)30-15-23-21-10-3-1-8-19(21)20-9-2-4-11-22(20)23/h1-4,8-11,13,16,23H,6,12,14-15H2,(H,26,29)(H,27,28). The summed E-state index contributed by atoms with van der Waals surface area (Å²) >= 11 is 1.38. The molecular formula is C25H21NO4S.